The van der Waals surface area contributed by atoms with Gasteiger partial charge in [0.05, 0.1) is 0 Å². The number of aryl methyl sites for hydroxylation is 1. The molecule has 1 atom stereocenters. The quantitative estimate of drug-likeness (QED) is 0.850. The smallest absolute Gasteiger partial charge is 0.205 e. The third-order valence-electron chi connectivity index (χ3n) is 2.99. The van der Waals surface area contributed by atoms with E-state index in [4.69, 9.17) is 0 Å². The Kier molecular flexibility index (Phi) is 4.12. The van der Waals surface area contributed by atoms with E-state index in [-0.39, 0.29) is 0 Å². The molecule has 4 nitrogen and oxygen atoms in total. The van der Waals surface area contributed by atoms with Gasteiger partial charge in [-0.2, -0.15) is 4.37 Å². The van der Waals surface area contributed by atoms with Gasteiger partial charge in [0.15, 0.2) is 0 Å². The van der Waals surface area contributed by atoms with E-state index in [1.54, 1.807) is 11.5 Å². The molecule has 2 rings (SSSR count). The van der Waals surface area contributed by atoms with Gasteiger partial charge in [-0.3, -0.25) is 0 Å². The Morgan fingerprint density at radius 3 is 3.00 bits per heavy atom. The molecule has 0 bridgehead atoms. The second-order valence-corrected chi connectivity index (χ2v) is 4.91. The van der Waals surface area contributed by atoms with E-state index < -0.39 is 0 Å². The van der Waals surface area contributed by atoms with Gasteiger partial charge >= 0.3 is 0 Å². The number of hydrogen-bond acceptors (Lipinski definition) is 5. The van der Waals surface area contributed by atoms with Crippen LogP contribution in [0.3, 0.4) is 0 Å². The van der Waals surface area contributed by atoms with Gasteiger partial charge in [0.1, 0.15) is 5.82 Å². The molecule has 0 spiro atoms. The summed E-state index contributed by atoms with van der Waals surface area (Å²) < 4.78 is 4.41. The SMILES string of the molecule is CCCc1nsc(N(CC)C2CCNC2)n1. The van der Waals surface area contributed by atoms with E-state index in [2.05, 4.69) is 33.4 Å². The molecule has 1 aromatic rings. The molecular weight excluding hydrogens is 220 g/mol. The van der Waals surface area contributed by atoms with E-state index in [1.807, 2.05) is 0 Å². The van der Waals surface area contributed by atoms with Gasteiger partial charge in [0.25, 0.3) is 0 Å². The molecule has 1 saturated heterocycles. The lowest BCUT2D eigenvalue weighted by Gasteiger charge is -2.25. The topological polar surface area (TPSA) is 41.1 Å². The molecule has 0 amide bonds. The molecule has 2 heterocycles. The van der Waals surface area contributed by atoms with Gasteiger partial charge in [0, 0.05) is 37.1 Å². The average Bonchev–Trinajstić information content (AvgIpc) is 2.92. The molecule has 0 saturated carbocycles. The van der Waals surface area contributed by atoms with Gasteiger partial charge in [0.2, 0.25) is 5.13 Å². The van der Waals surface area contributed by atoms with Crippen LogP contribution in [0.4, 0.5) is 5.13 Å². The van der Waals surface area contributed by atoms with E-state index in [0.717, 1.165) is 43.4 Å². The molecule has 1 unspecified atom stereocenters. The van der Waals surface area contributed by atoms with Crippen molar-refractivity contribution in [2.75, 3.05) is 24.5 Å². The summed E-state index contributed by atoms with van der Waals surface area (Å²) in [6.45, 7) is 7.59. The van der Waals surface area contributed by atoms with E-state index >= 15 is 0 Å². The largest absolute Gasteiger partial charge is 0.343 e. The maximum absolute atomic E-state index is 4.62. The maximum atomic E-state index is 4.62. The highest BCUT2D eigenvalue weighted by atomic mass is 32.1. The third kappa shape index (κ3) is 2.52. The number of hydrogen-bond donors (Lipinski definition) is 1. The summed E-state index contributed by atoms with van der Waals surface area (Å²) in [6, 6.07) is 0.604. The molecule has 0 aromatic carbocycles. The van der Waals surface area contributed by atoms with Crippen molar-refractivity contribution in [1.29, 1.82) is 0 Å². The molecule has 90 valence electrons. The zero-order valence-electron chi connectivity index (χ0n) is 10.1. The fourth-order valence-electron chi connectivity index (χ4n) is 2.14. The lowest BCUT2D eigenvalue weighted by molar-refractivity contribution is 0.645. The third-order valence-corrected chi connectivity index (χ3v) is 3.78. The lowest BCUT2D eigenvalue weighted by Crippen LogP contribution is -2.36. The lowest BCUT2D eigenvalue weighted by atomic mass is 10.2. The second kappa shape index (κ2) is 5.59. The summed E-state index contributed by atoms with van der Waals surface area (Å²) in [6.07, 6.45) is 3.33. The molecule has 5 heteroatoms. The zero-order valence-corrected chi connectivity index (χ0v) is 10.9. The minimum atomic E-state index is 0.604. The highest BCUT2D eigenvalue weighted by molar-refractivity contribution is 7.09. The van der Waals surface area contributed by atoms with Crippen molar-refractivity contribution in [2.24, 2.45) is 0 Å². The fraction of sp³-hybridized carbons (Fsp3) is 0.818. The van der Waals surface area contributed by atoms with Gasteiger partial charge in [-0.25, -0.2) is 4.98 Å². The fourth-order valence-corrected chi connectivity index (χ4v) is 2.99. The normalized spacial score (nSPS) is 20.2. The molecule has 0 radical (unpaired) electrons. The van der Waals surface area contributed by atoms with Gasteiger partial charge in [-0.15, -0.1) is 0 Å². The van der Waals surface area contributed by atoms with E-state index in [9.17, 15) is 0 Å². The zero-order chi connectivity index (χ0) is 11.4. The van der Waals surface area contributed by atoms with Crippen molar-refractivity contribution in [1.82, 2.24) is 14.7 Å². The Morgan fingerprint density at radius 1 is 1.50 bits per heavy atom. The Hall–Kier alpha value is -0.680. The van der Waals surface area contributed by atoms with E-state index in [0.29, 0.717) is 6.04 Å². The Balaban J connectivity index is 2.06. The van der Waals surface area contributed by atoms with Gasteiger partial charge in [-0.05, 0) is 26.3 Å². The first kappa shape index (κ1) is 11.8. The predicted octanol–water partition coefficient (Wildman–Crippen LogP) is 1.68. The molecular formula is C11H20N4S. The van der Waals surface area contributed by atoms with Crippen molar-refractivity contribution < 1.29 is 0 Å². The van der Waals surface area contributed by atoms with Crippen molar-refractivity contribution in [3.63, 3.8) is 0 Å². The first-order chi connectivity index (χ1) is 7.85. The molecule has 16 heavy (non-hydrogen) atoms. The predicted molar refractivity (Wildman–Crippen MR) is 68.2 cm³/mol. The average molecular weight is 240 g/mol. The van der Waals surface area contributed by atoms with Crippen LogP contribution in [0.5, 0.6) is 0 Å². The van der Waals surface area contributed by atoms with Crippen molar-refractivity contribution in [3.05, 3.63) is 5.82 Å². The summed E-state index contributed by atoms with van der Waals surface area (Å²) >= 11 is 1.55. The molecule has 1 aromatic heterocycles. The van der Waals surface area contributed by atoms with Crippen LogP contribution < -0.4 is 10.2 Å². The van der Waals surface area contributed by atoms with E-state index in [1.165, 1.54) is 6.42 Å². The Labute approximate surface area is 101 Å². The van der Waals surface area contributed by atoms with Crippen LogP contribution in [0.1, 0.15) is 32.5 Å². The molecule has 1 N–H and O–H groups in total. The number of nitrogens with one attached hydrogen (secondary N) is 1. The maximum Gasteiger partial charge on any atom is 0.205 e. The molecule has 1 fully saturated rings. The summed E-state index contributed by atoms with van der Waals surface area (Å²) in [4.78, 5) is 7.01. The number of nitrogens with zero attached hydrogens (tertiary/aromatic N) is 3. The number of rotatable bonds is 5. The molecule has 0 aliphatic carbocycles. The van der Waals surface area contributed by atoms with Crippen molar-refractivity contribution in [2.45, 2.75) is 39.2 Å². The number of anilines is 1. The second-order valence-electron chi connectivity index (χ2n) is 4.18. The van der Waals surface area contributed by atoms with Crippen LogP contribution in [0.15, 0.2) is 0 Å². The highest BCUT2D eigenvalue weighted by Crippen LogP contribution is 2.22. The molecule has 1 aliphatic heterocycles. The Bertz CT molecular complexity index is 320. The van der Waals surface area contributed by atoms with Crippen molar-refractivity contribution >= 4 is 16.7 Å². The molecule has 1 aliphatic rings. The summed E-state index contributed by atoms with van der Waals surface area (Å²) in [7, 11) is 0. The first-order valence-electron chi connectivity index (χ1n) is 6.15. The van der Waals surface area contributed by atoms with Crippen LogP contribution in [0.25, 0.3) is 0 Å². The minimum Gasteiger partial charge on any atom is -0.343 e. The van der Waals surface area contributed by atoms with Gasteiger partial charge in [-0.1, -0.05) is 6.92 Å². The number of likely N-dealkylation sites (N-methyl/N-ethyl adjacent to an activating group) is 1. The van der Waals surface area contributed by atoms with Crippen LogP contribution in [-0.2, 0) is 6.42 Å². The summed E-state index contributed by atoms with van der Waals surface area (Å²) in [5.74, 6) is 1.01. The summed E-state index contributed by atoms with van der Waals surface area (Å²) in [5, 5.41) is 4.50. The van der Waals surface area contributed by atoms with Crippen LogP contribution in [-0.4, -0.2) is 35.0 Å². The summed E-state index contributed by atoms with van der Waals surface area (Å²) in [5.41, 5.74) is 0. The van der Waals surface area contributed by atoms with Crippen LogP contribution >= 0.6 is 11.5 Å². The van der Waals surface area contributed by atoms with Crippen molar-refractivity contribution in [3.8, 4) is 0 Å². The van der Waals surface area contributed by atoms with Gasteiger partial charge < -0.3 is 10.2 Å². The van der Waals surface area contributed by atoms with Crippen LogP contribution in [0.2, 0.25) is 0 Å². The van der Waals surface area contributed by atoms with Crippen LogP contribution in [0, 0.1) is 0 Å². The highest BCUT2D eigenvalue weighted by Gasteiger charge is 2.23. The first-order valence-corrected chi connectivity index (χ1v) is 6.92. The monoisotopic (exact) mass is 240 g/mol. The standard InChI is InChI=1S/C11H20N4S/c1-3-5-10-13-11(16-14-10)15(4-2)9-6-7-12-8-9/h9,12H,3-8H2,1-2H3. The minimum absolute atomic E-state index is 0.604. The number of aromatic nitrogens is 2. The Morgan fingerprint density at radius 2 is 2.38 bits per heavy atom.